The summed E-state index contributed by atoms with van der Waals surface area (Å²) >= 11 is 0. The van der Waals surface area contributed by atoms with Gasteiger partial charge in [-0.1, -0.05) is 44.2 Å². The Labute approximate surface area is 89.4 Å². The molecule has 0 fully saturated rings. The molecule has 0 saturated heterocycles. The van der Waals surface area contributed by atoms with Crippen molar-refractivity contribution in [1.29, 1.82) is 0 Å². The van der Waals surface area contributed by atoms with Crippen LogP contribution < -0.4 is 0 Å². The Kier molecular flexibility index (Phi) is 46.1. The first-order valence-electron chi connectivity index (χ1n) is 3.35. The van der Waals surface area contributed by atoms with Gasteiger partial charge in [-0.3, -0.25) is 0 Å². The van der Waals surface area contributed by atoms with Gasteiger partial charge in [0.25, 0.3) is 0 Å². The predicted octanol–water partition coefficient (Wildman–Crippen LogP) is -2.14. The van der Waals surface area contributed by atoms with Crippen molar-refractivity contribution in [3.63, 3.8) is 0 Å². The summed E-state index contributed by atoms with van der Waals surface area (Å²) in [5.74, 6) is 0.659. The molecule has 0 saturated carbocycles. The first-order chi connectivity index (χ1) is 4.30. The Balaban J connectivity index is -0.0000000337. The Morgan fingerprint density at radius 2 is 1.00 bits per heavy atom. The van der Waals surface area contributed by atoms with Crippen molar-refractivity contribution < 1.29 is 32.9 Å². The summed E-state index contributed by atoms with van der Waals surface area (Å²) in [5, 5.41) is 0. The van der Waals surface area contributed by atoms with Crippen LogP contribution in [0.4, 0.5) is 0 Å². The van der Waals surface area contributed by atoms with E-state index in [0.717, 1.165) is 0 Å². The molecule has 0 atom stereocenters. The second-order valence-electron chi connectivity index (χ2n) is 2.57. The Morgan fingerprint density at radius 3 is 1.20 bits per heavy atom. The summed E-state index contributed by atoms with van der Waals surface area (Å²) in [5.41, 5.74) is 1.41. The highest BCUT2D eigenvalue weighted by molar-refractivity contribution is 5.17. The number of benzene rings is 1. The number of hydrogen-bond donors (Lipinski definition) is 0. The van der Waals surface area contributed by atoms with E-state index in [2.05, 4.69) is 38.1 Å². The molecule has 0 aliphatic carbocycles. The van der Waals surface area contributed by atoms with Crippen molar-refractivity contribution in [2.45, 2.75) is 19.8 Å². The smallest absolute Gasteiger partial charge is 0.0219 e. The third kappa shape index (κ3) is 13.0. The SMILES string of the molecule is CC(C)c1ccccc1.O.O.O.O.O.O. The van der Waals surface area contributed by atoms with Crippen molar-refractivity contribution in [2.24, 2.45) is 0 Å². The summed E-state index contributed by atoms with van der Waals surface area (Å²) in [6, 6.07) is 10.5. The second-order valence-corrected chi connectivity index (χ2v) is 2.57. The Morgan fingerprint density at radius 1 is 0.667 bits per heavy atom. The monoisotopic (exact) mass is 228 g/mol. The molecule has 6 nitrogen and oxygen atoms in total. The van der Waals surface area contributed by atoms with Crippen molar-refractivity contribution in [3.05, 3.63) is 35.9 Å². The third-order valence-corrected chi connectivity index (χ3v) is 1.47. The maximum absolute atomic E-state index is 2.20. The fraction of sp³-hybridized carbons (Fsp3) is 0.333. The second kappa shape index (κ2) is 18.7. The molecule has 0 bridgehead atoms. The zero-order chi connectivity index (χ0) is 6.69. The fourth-order valence-corrected chi connectivity index (χ4v) is 0.838. The minimum atomic E-state index is 0. The molecule has 1 aromatic rings. The fourth-order valence-electron chi connectivity index (χ4n) is 0.838. The van der Waals surface area contributed by atoms with E-state index < -0.39 is 0 Å². The predicted molar refractivity (Wildman–Crippen MR) is 62.2 cm³/mol. The minimum Gasteiger partial charge on any atom is -0.412 e. The van der Waals surface area contributed by atoms with E-state index in [9.17, 15) is 0 Å². The van der Waals surface area contributed by atoms with Gasteiger partial charge in [0.05, 0.1) is 0 Å². The standard InChI is InChI=1S/C9H12.6H2O/c1-8(2)9-6-4-3-5-7-9;;;;;;/h3-8H,1-2H3;6*1H2. The molecule has 0 aromatic heterocycles. The molecule has 0 radical (unpaired) electrons. The molecule has 0 unspecified atom stereocenters. The van der Waals surface area contributed by atoms with Crippen LogP contribution in [0, 0.1) is 0 Å². The molecule has 1 rings (SSSR count). The van der Waals surface area contributed by atoms with E-state index in [0.29, 0.717) is 5.92 Å². The highest BCUT2D eigenvalue weighted by Crippen LogP contribution is 2.11. The van der Waals surface area contributed by atoms with E-state index >= 15 is 0 Å². The van der Waals surface area contributed by atoms with Crippen molar-refractivity contribution in [1.82, 2.24) is 0 Å². The van der Waals surface area contributed by atoms with Gasteiger partial charge in [-0.2, -0.15) is 0 Å². The quantitative estimate of drug-likeness (QED) is 0.507. The molecule has 96 valence electrons. The molecule has 0 aliphatic rings. The first-order valence-corrected chi connectivity index (χ1v) is 3.35. The first kappa shape index (κ1) is 37.0. The van der Waals surface area contributed by atoms with Crippen LogP contribution in [0.3, 0.4) is 0 Å². The minimum absolute atomic E-state index is 0. The van der Waals surface area contributed by atoms with Crippen LogP contribution in [0.5, 0.6) is 0 Å². The third-order valence-electron chi connectivity index (χ3n) is 1.47. The Hall–Kier alpha value is -1.02. The lowest BCUT2D eigenvalue weighted by Crippen LogP contribution is -1.83. The van der Waals surface area contributed by atoms with Gasteiger partial charge in [0.2, 0.25) is 0 Å². The molecule has 12 N–H and O–H groups in total. The largest absolute Gasteiger partial charge is 0.412 e. The van der Waals surface area contributed by atoms with E-state index in [1.165, 1.54) is 5.56 Å². The van der Waals surface area contributed by atoms with Gasteiger partial charge in [0, 0.05) is 0 Å². The van der Waals surface area contributed by atoms with E-state index in [4.69, 9.17) is 0 Å². The van der Waals surface area contributed by atoms with E-state index in [-0.39, 0.29) is 32.9 Å². The summed E-state index contributed by atoms with van der Waals surface area (Å²) < 4.78 is 0. The van der Waals surface area contributed by atoms with Gasteiger partial charge in [-0.25, -0.2) is 0 Å². The molecule has 0 spiro atoms. The van der Waals surface area contributed by atoms with Gasteiger partial charge < -0.3 is 32.9 Å². The van der Waals surface area contributed by atoms with E-state index in [1.807, 2.05) is 6.07 Å². The van der Waals surface area contributed by atoms with Gasteiger partial charge in [0.15, 0.2) is 0 Å². The lowest BCUT2D eigenvalue weighted by Gasteiger charge is -2.01. The number of hydrogen-bond acceptors (Lipinski definition) is 0. The van der Waals surface area contributed by atoms with Crippen molar-refractivity contribution in [3.8, 4) is 0 Å². The van der Waals surface area contributed by atoms with Crippen molar-refractivity contribution in [2.75, 3.05) is 0 Å². The average Bonchev–Trinajstić information content (AvgIpc) is 1.90. The topological polar surface area (TPSA) is 189 Å². The summed E-state index contributed by atoms with van der Waals surface area (Å²) in [6.45, 7) is 4.41. The summed E-state index contributed by atoms with van der Waals surface area (Å²) in [7, 11) is 0. The maximum Gasteiger partial charge on any atom is -0.0219 e. The van der Waals surface area contributed by atoms with Crippen LogP contribution in [0.25, 0.3) is 0 Å². The van der Waals surface area contributed by atoms with Crippen LogP contribution in [0.1, 0.15) is 25.3 Å². The molecular formula is C9H24O6. The zero-order valence-electron chi connectivity index (χ0n) is 8.96. The molecule has 0 amide bonds. The molecular weight excluding hydrogens is 204 g/mol. The van der Waals surface area contributed by atoms with E-state index in [1.54, 1.807) is 0 Å². The van der Waals surface area contributed by atoms with Crippen LogP contribution in [0.2, 0.25) is 0 Å². The van der Waals surface area contributed by atoms with Gasteiger partial charge in [-0.15, -0.1) is 0 Å². The molecule has 6 heteroatoms. The zero-order valence-corrected chi connectivity index (χ0v) is 8.96. The van der Waals surface area contributed by atoms with Crippen LogP contribution >= 0.6 is 0 Å². The molecule has 0 heterocycles. The molecule has 0 aliphatic heterocycles. The lowest BCUT2D eigenvalue weighted by atomic mass is 10.0. The molecule has 1 aromatic carbocycles. The molecule has 15 heavy (non-hydrogen) atoms. The van der Waals surface area contributed by atoms with Gasteiger partial charge in [-0.05, 0) is 11.5 Å². The average molecular weight is 228 g/mol. The van der Waals surface area contributed by atoms with Crippen LogP contribution in [0.15, 0.2) is 30.3 Å². The van der Waals surface area contributed by atoms with Crippen LogP contribution in [-0.4, -0.2) is 32.9 Å². The maximum atomic E-state index is 2.20. The summed E-state index contributed by atoms with van der Waals surface area (Å²) in [6.07, 6.45) is 0. The lowest BCUT2D eigenvalue weighted by molar-refractivity contribution is 0.823. The number of rotatable bonds is 1. The summed E-state index contributed by atoms with van der Waals surface area (Å²) in [4.78, 5) is 0. The van der Waals surface area contributed by atoms with Crippen LogP contribution in [-0.2, 0) is 0 Å². The Bertz CT molecular complexity index is 177. The van der Waals surface area contributed by atoms with Crippen molar-refractivity contribution >= 4 is 0 Å². The van der Waals surface area contributed by atoms with Gasteiger partial charge in [0.1, 0.15) is 0 Å². The normalized spacial score (nSPS) is 6.07. The van der Waals surface area contributed by atoms with Gasteiger partial charge >= 0.3 is 0 Å². The highest BCUT2D eigenvalue weighted by Gasteiger charge is 1.93. The highest BCUT2D eigenvalue weighted by atomic mass is 16.0.